The molecule has 13 nitrogen and oxygen atoms in total. The Morgan fingerprint density at radius 2 is 1.63 bits per heavy atom. The number of ether oxygens (including phenoxy) is 3. The third-order valence-corrected chi connectivity index (χ3v) is 13.3. The molecule has 1 aliphatic heterocycles. The molecule has 5 aliphatic rings. The second-order valence-electron chi connectivity index (χ2n) is 17.2. The van der Waals surface area contributed by atoms with Gasteiger partial charge in [-0.3, -0.25) is 19.2 Å². The van der Waals surface area contributed by atoms with Crippen molar-refractivity contribution in [3.8, 4) is 0 Å². The predicted molar refractivity (Wildman–Crippen MR) is 180 cm³/mol. The SMILES string of the molecule is CC(=O)OC(C)(C)/C=C/C(=O)[C@](C)(O)C1[C@H](O)C[C@@]2(C)[C@@H]3CC=C4[C@@H](C=C(O[C@@H]5OC(CO)[C@@H](O)C(O)[C@@H]5O)C(=O)C4(C)C)[C@]3(C)C(=O)C[C@]12C. The summed E-state index contributed by atoms with van der Waals surface area (Å²) in [6, 6.07) is 0. The first-order valence-corrected chi connectivity index (χ1v) is 17.6. The zero-order valence-corrected chi connectivity index (χ0v) is 30.9. The number of rotatable bonds is 8. The molecule has 284 valence electrons. The third-order valence-electron chi connectivity index (χ3n) is 13.3. The van der Waals surface area contributed by atoms with Crippen LogP contribution in [0.3, 0.4) is 0 Å². The van der Waals surface area contributed by atoms with Crippen LogP contribution in [0.25, 0.3) is 0 Å². The molecule has 5 rings (SSSR count). The zero-order chi connectivity index (χ0) is 38.4. The number of Topliss-reactive ketones (excluding diaryl/α,β-unsaturated/α-hetero) is 2. The van der Waals surface area contributed by atoms with Gasteiger partial charge in [0.2, 0.25) is 12.1 Å². The van der Waals surface area contributed by atoms with Crippen molar-refractivity contribution < 1.29 is 64.0 Å². The maximum atomic E-state index is 14.8. The van der Waals surface area contributed by atoms with E-state index < -0.39 is 112 Å². The Balaban J connectivity index is 1.52. The molecule has 2 saturated carbocycles. The Morgan fingerprint density at radius 3 is 2.22 bits per heavy atom. The van der Waals surface area contributed by atoms with Crippen LogP contribution in [0.1, 0.15) is 81.6 Å². The molecule has 3 fully saturated rings. The van der Waals surface area contributed by atoms with Crippen LogP contribution in [-0.2, 0) is 33.4 Å². The van der Waals surface area contributed by atoms with Gasteiger partial charge in [0.15, 0.2) is 11.5 Å². The normalized spacial score (nSPS) is 43.3. The fourth-order valence-corrected chi connectivity index (χ4v) is 10.3. The lowest BCUT2D eigenvalue weighted by Crippen LogP contribution is -2.64. The minimum absolute atomic E-state index is 0.0841. The Morgan fingerprint density at radius 1 is 1.00 bits per heavy atom. The van der Waals surface area contributed by atoms with Gasteiger partial charge in [0.05, 0.1) is 18.1 Å². The maximum Gasteiger partial charge on any atom is 0.303 e. The van der Waals surface area contributed by atoms with E-state index >= 15 is 0 Å². The Bertz CT molecular complexity index is 1570. The summed E-state index contributed by atoms with van der Waals surface area (Å²) >= 11 is 0. The molecule has 3 unspecified atom stereocenters. The summed E-state index contributed by atoms with van der Waals surface area (Å²) in [7, 11) is 0. The molecule has 0 aromatic rings. The number of esters is 1. The van der Waals surface area contributed by atoms with Gasteiger partial charge in [0.25, 0.3) is 0 Å². The van der Waals surface area contributed by atoms with E-state index in [9.17, 15) is 49.8 Å². The molecule has 13 atom stereocenters. The first kappa shape index (κ1) is 39.4. The van der Waals surface area contributed by atoms with Crippen molar-refractivity contribution in [2.75, 3.05) is 6.61 Å². The molecule has 0 amide bonds. The minimum atomic E-state index is -2.09. The van der Waals surface area contributed by atoms with Crippen LogP contribution < -0.4 is 0 Å². The summed E-state index contributed by atoms with van der Waals surface area (Å²) < 4.78 is 16.7. The lowest BCUT2D eigenvalue weighted by molar-refractivity contribution is -0.291. The van der Waals surface area contributed by atoms with Crippen LogP contribution in [0, 0.1) is 39.4 Å². The highest BCUT2D eigenvalue weighted by molar-refractivity contribution is 6.02. The van der Waals surface area contributed by atoms with E-state index in [1.165, 1.54) is 19.9 Å². The van der Waals surface area contributed by atoms with E-state index in [2.05, 4.69) is 0 Å². The van der Waals surface area contributed by atoms with Crippen LogP contribution in [-0.4, -0.2) is 109 Å². The second kappa shape index (κ2) is 12.7. The molecule has 1 heterocycles. The molecule has 6 N–H and O–H groups in total. The van der Waals surface area contributed by atoms with Crippen molar-refractivity contribution in [2.24, 2.45) is 39.4 Å². The molecule has 13 heteroatoms. The van der Waals surface area contributed by atoms with Crippen LogP contribution in [0.4, 0.5) is 0 Å². The molecule has 0 aromatic carbocycles. The Kier molecular flexibility index (Phi) is 9.80. The monoisotopic (exact) mass is 718 g/mol. The average molecular weight is 719 g/mol. The largest absolute Gasteiger partial charge is 0.459 e. The van der Waals surface area contributed by atoms with Gasteiger partial charge in [-0.15, -0.1) is 0 Å². The summed E-state index contributed by atoms with van der Waals surface area (Å²) in [5.41, 5.74) is -6.62. The number of carbonyl (C=O) groups excluding carboxylic acids is 4. The van der Waals surface area contributed by atoms with Crippen LogP contribution >= 0.6 is 0 Å². The summed E-state index contributed by atoms with van der Waals surface area (Å²) in [6.45, 7) is 14.2. The topological polar surface area (TPSA) is 217 Å². The van der Waals surface area contributed by atoms with Crippen molar-refractivity contribution in [3.63, 3.8) is 0 Å². The highest BCUT2D eigenvalue weighted by Gasteiger charge is 2.74. The number of hydrogen-bond donors (Lipinski definition) is 6. The Labute approximate surface area is 298 Å². The number of aliphatic hydroxyl groups excluding tert-OH is 5. The lowest BCUT2D eigenvalue weighted by atomic mass is 9.39. The van der Waals surface area contributed by atoms with Gasteiger partial charge in [-0.1, -0.05) is 32.4 Å². The summed E-state index contributed by atoms with van der Waals surface area (Å²) in [4.78, 5) is 53.9. The molecule has 0 radical (unpaired) electrons. The van der Waals surface area contributed by atoms with E-state index in [0.29, 0.717) is 12.0 Å². The standard InChI is InChI=1S/C38H54O13/c1-18(40)51-33(2,3)13-12-25(42)38(9,48)30-21(41)15-35(6)24-11-10-19-20(37(24,8)26(43)16-36(30,35)7)14-22(31(47)34(19,4)5)49-32-29(46)28(45)27(44)23(17-39)50-32/h10,12-14,20-21,23-24,27-30,32,39,41,44-46,48H,11,15-17H2,1-9H3/b13-12+/t20-,21-,23?,24+,27-,28?,29+,30?,32-,35+,36-,37+,38+/m1/s1. The third kappa shape index (κ3) is 5.87. The highest BCUT2D eigenvalue weighted by Crippen LogP contribution is 2.73. The van der Waals surface area contributed by atoms with E-state index in [1.807, 2.05) is 26.8 Å². The zero-order valence-electron chi connectivity index (χ0n) is 30.9. The number of allylic oxidation sites excluding steroid dienone is 4. The number of ketones is 3. The van der Waals surface area contributed by atoms with Crippen molar-refractivity contribution in [3.05, 3.63) is 35.6 Å². The van der Waals surface area contributed by atoms with Gasteiger partial charge >= 0.3 is 5.97 Å². The van der Waals surface area contributed by atoms with E-state index in [4.69, 9.17) is 14.2 Å². The van der Waals surface area contributed by atoms with Crippen molar-refractivity contribution in [1.29, 1.82) is 0 Å². The molecule has 51 heavy (non-hydrogen) atoms. The highest BCUT2D eigenvalue weighted by atomic mass is 16.7. The fraction of sp³-hybridized carbons (Fsp3) is 0.737. The predicted octanol–water partition coefficient (Wildman–Crippen LogP) is 1.45. The molecule has 0 aromatic heterocycles. The van der Waals surface area contributed by atoms with Crippen LogP contribution in [0.5, 0.6) is 0 Å². The second-order valence-corrected chi connectivity index (χ2v) is 17.2. The van der Waals surface area contributed by atoms with Gasteiger partial charge in [0.1, 0.15) is 41.4 Å². The van der Waals surface area contributed by atoms with Gasteiger partial charge < -0.3 is 44.8 Å². The minimum Gasteiger partial charge on any atom is -0.459 e. The first-order chi connectivity index (χ1) is 23.3. The average Bonchev–Trinajstić information content (AvgIpc) is 3.22. The summed E-state index contributed by atoms with van der Waals surface area (Å²) in [5.74, 6) is -4.17. The van der Waals surface area contributed by atoms with Crippen molar-refractivity contribution in [2.45, 2.75) is 130 Å². The van der Waals surface area contributed by atoms with Gasteiger partial charge in [0, 0.05) is 30.6 Å². The van der Waals surface area contributed by atoms with Crippen LogP contribution in [0.2, 0.25) is 0 Å². The number of hydrogen-bond acceptors (Lipinski definition) is 13. The fourth-order valence-electron chi connectivity index (χ4n) is 10.3. The quantitative estimate of drug-likeness (QED) is 0.119. The summed E-state index contributed by atoms with van der Waals surface area (Å²) in [6.07, 6.45) is -2.57. The first-order valence-electron chi connectivity index (χ1n) is 17.6. The molecule has 4 aliphatic carbocycles. The number of aliphatic hydroxyl groups is 6. The van der Waals surface area contributed by atoms with Crippen molar-refractivity contribution in [1.82, 2.24) is 0 Å². The number of fused-ring (bicyclic) bond motifs is 5. The maximum absolute atomic E-state index is 14.8. The van der Waals surface area contributed by atoms with E-state index in [0.717, 1.165) is 6.08 Å². The van der Waals surface area contributed by atoms with Crippen molar-refractivity contribution >= 4 is 23.3 Å². The van der Waals surface area contributed by atoms with Gasteiger partial charge in [-0.05, 0) is 82.4 Å². The molecule has 0 bridgehead atoms. The molecule has 1 saturated heterocycles. The lowest BCUT2D eigenvalue weighted by Gasteiger charge is -2.63. The van der Waals surface area contributed by atoms with Gasteiger partial charge in [-0.25, -0.2) is 0 Å². The summed E-state index contributed by atoms with van der Waals surface area (Å²) in [5, 5.41) is 64.6. The number of carbonyl (C=O) groups is 4. The van der Waals surface area contributed by atoms with E-state index in [1.54, 1.807) is 33.8 Å². The Hall–Kier alpha value is -2.78. The molecular formula is C38H54O13. The smallest absolute Gasteiger partial charge is 0.303 e. The van der Waals surface area contributed by atoms with E-state index in [-0.39, 0.29) is 24.4 Å². The molecular weight excluding hydrogens is 664 g/mol. The van der Waals surface area contributed by atoms with Gasteiger partial charge in [-0.2, -0.15) is 0 Å². The molecule has 0 spiro atoms. The van der Waals surface area contributed by atoms with Crippen LogP contribution in [0.15, 0.2) is 35.6 Å².